The van der Waals surface area contributed by atoms with E-state index in [9.17, 15) is 0 Å². The number of benzene rings is 1. The molecule has 0 radical (unpaired) electrons. The first-order chi connectivity index (χ1) is 10.9. The number of nitrogens with zero attached hydrogens (tertiary/aromatic N) is 2. The summed E-state index contributed by atoms with van der Waals surface area (Å²) in [6, 6.07) is 8.15. The molecule has 0 saturated heterocycles. The van der Waals surface area contributed by atoms with E-state index in [0.29, 0.717) is 6.54 Å². The number of nitrogens with two attached hydrogens (primary N) is 1. The van der Waals surface area contributed by atoms with Gasteiger partial charge in [0, 0.05) is 18.7 Å². The number of aromatic nitrogens is 2. The van der Waals surface area contributed by atoms with Crippen LogP contribution in [0.2, 0.25) is 0 Å². The van der Waals surface area contributed by atoms with Crippen molar-refractivity contribution in [3.05, 3.63) is 29.6 Å². The Hall–Kier alpha value is -2.05. The quantitative estimate of drug-likeness (QED) is 0.734. The zero-order valence-corrected chi connectivity index (χ0v) is 12.9. The van der Waals surface area contributed by atoms with E-state index >= 15 is 0 Å². The Labute approximate surface area is 132 Å². The van der Waals surface area contributed by atoms with Gasteiger partial charge in [-0.3, -0.25) is 0 Å². The molecule has 0 aliphatic carbocycles. The van der Waals surface area contributed by atoms with E-state index in [0.717, 1.165) is 47.7 Å². The molecule has 114 valence electrons. The van der Waals surface area contributed by atoms with Crippen LogP contribution in [0.3, 0.4) is 0 Å². The van der Waals surface area contributed by atoms with Gasteiger partial charge in [0.25, 0.3) is 0 Å². The van der Waals surface area contributed by atoms with E-state index in [-0.39, 0.29) is 6.79 Å². The second-order valence-electron chi connectivity index (χ2n) is 5.25. The van der Waals surface area contributed by atoms with Gasteiger partial charge in [-0.2, -0.15) is 0 Å². The monoisotopic (exact) mass is 315 g/mol. The van der Waals surface area contributed by atoms with E-state index in [4.69, 9.17) is 20.2 Å². The number of aryl methyl sites for hydroxylation is 1. The smallest absolute Gasteiger partial charge is 0.231 e. The summed E-state index contributed by atoms with van der Waals surface area (Å²) in [4.78, 5) is 5.99. The van der Waals surface area contributed by atoms with Crippen LogP contribution in [-0.4, -0.2) is 22.9 Å². The van der Waals surface area contributed by atoms with Gasteiger partial charge in [0.05, 0.1) is 15.9 Å². The molecular weight excluding hydrogens is 298 g/mol. The first kappa shape index (κ1) is 13.6. The molecule has 0 unspecified atom stereocenters. The molecule has 0 saturated carbocycles. The third-order valence-electron chi connectivity index (χ3n) is 3.82. The normalized spacial score (nSPS) is 13.1. The second-order valence-corrected chi connectivity index (χ2v) is 6.20. The summed E-state index contributed by atoms with van der Waals surface area (Å²) < 4.78 is 13.2. The van der Waals surface area contributed by atoms with Crippen molar-refractivity contribution in [2.24, 2.45) is 5.73 Å². The first-order valence-electron chi connectivity index (χ1n) is 7.40. The fraction of sp³-hybridized carbons (Fsp3) is 0.312. The van der Waals surface area contributed by atoms with Crippen LogP contribution >= 0.6 is 11.3 Å². The van der Waals surface area contributed by atoms with E-state index < -0.39 is 0 Å². The highest BCUT2D eigenvalue weighted by molar-refractivity contribution is 7.13. The Morgan fingerprint density at radius 1 is 1.23 bits per heavy atom. The molecule has 5 nitrogen and oxygen atoms in total. The van der Waals surface area contributed by atoms with Crippen LogP contribution in [0.15, 0.2) is 29.6 Å². The van der Waals surface area contributed by atoms with Crippen LogP contribution < -0.4 is 15.2 Å². The summed E-state index contributed by atoms with van der Waals surface area (Å²) >= 11 is 1.70. The summed E-state index contributed by atoms with van der Waals surface area (Å²) in [7, 11) is 0. The van der Waals surface area contributed by atoms with Crippen molar-refractivity contribution in [3.8, 4) is 22.2 Å². The molecule has 0 bridgehead atoms. The number of unbranched alkanes of at least 4 members (excludes halogenated alkanes) is 1. The number of hydrogen-bond donors (Lipinski definition) is 1. The summed E-state index contributed by atoms with van der Waals surface area (Å²) in [5.41, 5.74) is 7.66. The van der Waals surface area contributed by atoms with E-state index in [1.165, 1.54) is 4.88 Å². The highest BCUT2D eigenvalue weighted by Crippen LogP contribution is 2.38. The minimum absolute atomic E-state index is 0.285. The van der Waals surface area contributed by atoms with Crippen LogP contribution in [0.25, 0.3) is 21.7 Å². The Morgan fingerprint density at radius 3 is 2.86 bits per heavy atom. The van der Waals surface area contributed by atoms with Crippen molar-refractivity contribution in [1.29, 1.82) is 0 Å². The molecule has 1 aliphatic heterocycles. The highest BCUT2D eigenvalue weighted by atomic mass is 32.1. The van der Waals surface area contributed by atoms with Crippen LogP contribution in [0.4, 0.5) is 0 Å². The second kappa shape index (κ2) is 5.62. The molecular formula is C16H17N3O2S. The van der Waals surface area contributed by atoms with Gasteiger partial charge in [0.15, 0.2) is 17.3 Å². The minimum Gasteiger partial charge on any atom is -0.454 e. The Bertz CT molecular complexity index is 795. The van der Waals surface area contributed by atoms with E-state index in [2.05, 4.69) is 22.1 Å². The summed E-state index contributed by atoms with van der Waals surface area (Å²) in [5, 5.41) is 2.07. The molecule has 0 fully saturated rings. The third-order valence-corrected chi connectivity index (χ3v) is 4.69. The summed E-state index contributed by atoms with van der Waals surface area (Å²) in [6.45, 7) is 1.90. The van der Waals surface area contributed by atoms with Crippen molar-refractivity contribution in [2.45, 2.75) is 19.4 Å². The topological polar surface area (TPSA) is 62.3 Å². The highest BCUT2D eigenvalue weighted by Gasteiger charge is 2.20. The zero-order chi connectivity index (χ0) is 14.9. The van der Waals surface area contributed by atoms with Crippen molar-refractivity contribution in [3.63, 3.8) is 0 Å². The number of ether oxygens (including phenoxy) is 2. The standard InChI is InChI=1S/C16H17N3O2S/c17-5-1-2-6-19-12-9-14-13(20-10-21-14)8-11(12)18-16(19)15-4-3-7-22-15/h3-4,7-9H,1-2,5-6,10,17H2. The summed E-state index contributed by atoms with van der Waals surface area (Å²) in [5.74, 6) is 2.58. The maximum Gasteiger partial charge on any atom is 0.231 e. The molecule has 4 rings (SSSR count). The SMILES string of the molecule is NCCCCn1c(-c2cccs2)nc2cc3c(cc21)OCO3. The van der Waals surface area contributed by atoms with Gasteiger partial charge in [-0.15, -0.1) is 11.3 Å². The molecule has 3 heterocycles. The lowest BCUT2D eigenvalue weighted by atomic mass is 10.2. The molecule has 1 aliphatic rings. The fourth-order valence-electron chi connectivity index (χ4n) is 2.75. The first-order valence-corrected chi connectivity index (χ1v) is 8.28. The lowest BCUT2D eigenvalue weighted by molar-refractivity contribution is 0.174. The molecule has 22 heavy (non-hydrogen) atoms. The number of imidazole rings is 1. The van der Waals surface area contributed by atoms with Gasteiger partial charge in [0.1, 0.15) is 0 Å². The average molecular weight is 315 g/mol. The molecule has 0 amide bonds. The maximum absolute atomic E-state index is 5.63. The Kier molecular flexibility index (Phi) is 3.48. The number of fused-ring (bicyclic) bond motifs is 2. The van der Waals surface area contributed by atoms with Crippen molar-refractivity contribution in [1.82, 2.24) is 9.55 Å². The van der Waals surface area contributed by atoms with E-state index in [1.54, 1.807) is 11.3 Å². The van der Waals surface area contributed by atoms with Crippen LogP contribution in [0.5, 0.6) is 11.5 Å². The Morgan fingerprint density at radius 2 is 2.09 bits per heavy atom. The van der Waals surface area contributed by atoms with Crippen LogP contribution in [0, 0.1) is 0 Å². The van der Waals surface area contributed by atoms with Gasteiger partial charge >= 0.3 is 0 Å². The largest absolute Gasteiger partial charge is 0.454 e. The van der Waals surface area contributed by atoms with Gasteiger partial charge < -0.3 is 19.8 Å². The van der Waals surface area contributed by atoms with Crippen LogP contribution in [-0.2, 0) is 6.54 Å². The minimum atomic E-state index is 0.285. The van der Waals surface area contributed by atoms with Crippen LogP contribution in [0.1, 0.15) is 12.8 Å². The molecule has 6 heteroatoms. The van der Waals surface area contributed by atoms with E-state index in [1.807, 2.05) is 12.1 Å². The molecule has 2 N–H and O–H groups in total. The number of hydrogen-bond acceptors (Lipinski definition) is 5. The average Bonchev–Trinajstić information content (AvgIpc) is 3.24. The molecule has 0 spiro atoms. The molecule has 3 aromatic rings. The van der Waals surface area contributed by atoms with Gasteiger partial charge in [-0.1, -0.05) is 6.07 Å². The lowest BCUT2D eigenvalue weighted by Gasteiger charge is -2.08. The van der Waals surface area contributed by atoms with Crippen molar-refractivity contribution < 1.29 is 9.47 Å². The van der Waals surface area contributed by atoms with Crippen molar-refractivity contribution >= 4 is 22.4 Å². The predicted octanol–water partition coefficient (Wildman–Crippen LogP) is 3.23. The third kappa shape index (κ3) is 2.24. The fourth-order valence-corrected chi connectivity index (χ4v) is 3.47. The molecule has 0 atom stereocenters. The predicted molar refractivity (Wildman–Crippen MR) is 87.5 cm³/mol. The summed E-state index contributed by atoms with van der Waals surface area (Å²) in [6.07, 6.45) is 2.04. The van der Waals surface area contributed by atoms with Gasteiger partial charge in [0.2, 0.25) is 6.79 Å². The molecule has 2 aromatic heterocycles. The number of rotatable bonds is 5. The van der Waals surface area contributed by atoms with Gasteiger partial charge in [-0.25, -0.2) is 4.98 Å². The number of thiophene rings is 1. The van der Waals surface area contributed by atoms with Gasteiger partial charge in [-0.05, 0) is 30.8 Å². The lowest BCUT2D eigenvalue weighted by Crippen LogP contribution is -2.04. The van der Waals surface area contributed by atoms with Crippen molar-refractivity contribution in [2.75, 3.05) is 13.3 Å². The zero-order valence-electron chi connectivity index (χ0n) is 12.1. The maximum atomic E-state index is 5.63. The molecule has 1 aromatic carbocycles. The Balaban J connectivity index is 1.84.